The number of carboxylic acids is 1. The zero-order valence-electron chi connectivity index (χ0n) is 9.72. The summed E-state index contributed by atoms with van der Waals surface area (Å²) in [6.07, 6.45) is 2.83. The van der Waals surface area contributed by atoms with E-state index < -0.39 is 5.97 Å². The van der Waals surface area contributed by atoms with E-state index in [1.165, 1.54) is 12.8 Å². The molecule has 2 rings (SSSR count). The van der Waals surface area contributed by atoms with Crippen molar-refractivity contribution in [2.45, 2.75) is 25.7 Å². The lowest BCUT2D eigenvalue weighted by Gasteiger charge is -2.18. The number of hydrogen-bond donors (Lipinski definition) is 2. The molecular weight excluding hydrogens is 218 g/mol. The molecular formula is C13H17NO3. The monoisotopic (exact) mass is 235 g/mol. The number of aliphatic carboxylic acids is 1. The second-order valence-electron chi connectivity index (χ2n) is 4.40. The molecule has 0 amide bonds. The average molecular weight is 235 g/mol. The second-order valence-corrected chi connectivity index (χ2v) is 4.40. The predicted octanol–water partition coefficient (Wildman–Crippen LogP) is 2.01. The van der Waals surface area contributed by atoms with Gasteiger partial charge in [-0.25, -0.2) is 0 Å². The van der Waals surface area contributed by atoms with Crippen LogP contribution in [0.4, 0.5) is 5.69 Å². The number of anilines is 1. The average Bonchev–Trinajstić information content (AvgIpc) is 2.81. The third-order valence-corrected chi connectivity index (χ3v) is 3.14. The van der Waals surface area contributed by atoms with Crippen LogP contribution in [-0.2, 0) is 11.2 Å². The highest BCUT2D eigenvalue weighted by Crippen LogP contribution is 2.27. The Morgan fingerprint density at radius 2 is 2.00 bits per heavy atom. The van der Waals surface area contributed by atoms with Crippen LogP contribution >= 0.6 is 0 Å². The maximum atomic E-state index is 10.5. The molecule has 4 heteroatoms. The summed E-state index contributed by atoms with van der Waals surface area (Å²) in [6, 6.07) is 5.46. The molecule has 17 heavy (non-hydrogen) atoms. The standard InChI is InChI=1S/C13H17NO3/c15-12-5-4-11(14-7-1-2-8-14)9-10(12)3-6-13(16)17/h4-5,9,15H,1-3,6-8H2,(H,16,17). The molecule has 1 fully saturated rings. The summed E-state index contributed by atoms with van der Waals surface area (Å²) in [5, 5.41) is 18.3. The normalized spacial score (nSPS) is 15.2. The van der Waals surface area contributed by atoms with Crippen molar-refractivity contribution >= 4 is 11.7 Å². The zero-order chi connectivity index (χ0) is 12.3. The van der Waals surface area contributed by atoms with E-state index >= 15 is 0 Å². The fourth-order valence-electron chi connectivity index (χ4n) is 2.19. The van der Waals surface area contributed by atoms with Crippen molar-refractivity contribution < 1.29 is 15.0 Å². The molecule has 1 aromatic carbocycles. The topological polar surface area (TPSA) is 60.8 Å². The molecule has 92 valence electrons. The highest BCUT2D eigenvalue weighted by molar-refractivity contribution is 5.67. The van der Waals surface area contributed by atoms with Gasteiger partial charge in [0.15, 0.2) is 0 Å². The van der Waals surface area contributed by atoms with Crippen molar-refractivity contribution in [3.8, 4) is 5.75 Å². The van der Waals surface area contributed by atoms with E-state index in [1.807, 2.05) is 12.1 Å². The second kappa shape index (κ2) is 5.08. The van der Waals surface area contributed by atoms with Crippen molar-refractivity contribution in [2.24, 2.45) is 0 Å². The number of rotatable bonds is 4. The number of aromatic hydroxyl groups is 1. The minimum Gasteiger partial charge on any atom is -0.508 e. The van der Waals surface area contributed by atoms with E-state index in [4.69, 9.17) is 5.11 Å². The molecule has 0 aromatic heterocycles. The molecule has 4 nitrogen and oxygen atoms in total. The van der Waals surface area contributed by atoms with E-state index in [9.17, 15) is 9.90 Å². The highest BCUT2D eigenvalue weighted by Gasteiger charge is 2.14. The molecule has 1 aromatic rings. The fraction of sp³-hybridized carbons (Fsp3) is 0.462. The lowest BCUT2D eigenvalue weighted by Crippen LogP contribution is -2.17. The van der Waals surface area contributed by atoms with Gasteiger partial charge in [-0.15, -0.1) is 0 Å². The molecule has 0 aliphatic carbocycles. The van der Waals surface area contributed by atoms with Crippen LogP contribution in [0, 0.1) is 0 Å². The van der Waals surface area contributed by atoms with Crippen LogP contribution < -0.4 is 4.90 Å². The minimum absolute atomic E-state index is 0.0526. The Hall–Kier alpha value is -1.71. The quantitative estimate of drug-likeness (QED) is 0.838. The van der Waals surface area contributed by atoms with Gasteiger partial charge in [-0.1, -0.05) is 0 Å². The number of carbonyl (C=O) groups is 1. The summed E-state index contributed by atoms with van der Waals surface area (Å²) in [4.78, 5) is 12.8. The Kier molecular flexibility index (Phi) is 3.52. The van der Waals surface area contributed by atoms with E-state index in [-0.39, 0.29) is 12.2 Å². The fourth-order valence-corrected chi connectivity index (χ4v) is 2.19. The summed E-state index contributed by atoms with van der Waals surface area (Å²) < 4.78 is 0. The Labute approximate surface area is 100 Å². The SMILES string of the molecule is O=C(O)CCc1cc(N2CCCC2)ccc1O. The van der Waals surface area contributed by atoms with Gasteiger partial charge in [0.1, 0.15) is 5.75 Å². The molecule has 1 saturated heterocycles. The zero-order valence-corrected chi connectivity index (χ0v) is 9.72. The van der Waals surface area contributed by atoms with E-state index in [2.05, 4.69) is 4.90 Å². The van der Waals surface area contributed by atoms with Gasteiger partial charge in [-0.05, 0) is 43.0 Å². The molecule has 0 spiro atoms. The molecule has 0 saturated carbocycles. The summed E-state index contributed by atoms with van der Waals surface area (Å²) in [7, 11) is 0. The van der Waals surface area contributed by atoms with Crippen LogP contribution in [0.15, 0.2) is 18.2 Å². The smallest absolute Gasteiger partial charge is 0.303 e. The highest BCUT2D eigenvalue weighted by atomic mass is 16.4. The van der Waals surface area contributed by atoms with Crippen LogP contribution in [0.2, 0.25) is 0 Å². The number of carboxylic acid groups (broad SMARTS) is 1. The van der Waals surface area contributed by atoms with Crippen molar-refractivity contribution in [3.05, 3.63) is 23.8 Å². The first-order valence-electron chi connectivity index (χ1n) is 5.95. The summed E-state index contributed by atoms with van der Waals surface area (Å²) in [5.74, 6) is -0.648. The third-order valence-electron chi connectivity index (χ3n) is 3.14. The molecule has 0 radical (unpaired) electrons. The summed E-state index contributed by atoms with van der Waals surface area (Å²) in [6.45, 7) is 2.09. The van der Waals surface area contributed by atoms with Crippen LogP contribution in [0.3, 0.4) is 0 Å². The Bertz CT molecular complexity index is 411. The van der Waals surface area contributed by atoms with Crippen LogP contribution in [0.25, 0.3) is 0 Å². The number of benzene rings is 1. The molecule has 0 atom stereocenters. The van der Waals surface area contributed by atoms with Crippen LogP contribution in [0.1, 0.15) is 24.8 Å². The summed E-state index contributed by atoms with van der Waals surface area (Å²) in [5.41, 5.74) is 1.80. The largest absolute Gasteiger partial charge is 0.508 e. The molecule has 0 unspecified atom stereocenters. The number of nitrogens with zero attached hydrogens (tertiary/aromatic N) is 1. The molecule has 1 heterocycles. The van der Waals surface area contributed by atoms with Gasteiger partial charge in [0.05, 0.1) is 0 Å². The van der Waals surface area contributed by atoms with Crippen molar-refractivity contribution in [1.82, 2.24) is 0 Å². The Balaban J connectivity index is 2.13. The number of phenolic OH excluding ortho intramolecular Hbond substituents is 1. The molecule has 1 aliphatic rings. The first kappa shape index (κ1) is 11.8. The van der Waals surface area contributed by atoms with Crippen LogP contribution in [0.5, 0.6) is 5.75 Å². The van der Waals surface area contributed by atoms with Crippen molar-refractivity contribution in [2.75, 3.05) is 18.0 Å². The first-order valence-corrected chi connectivity index (χ1v) is 5.95. The lowest BCUT2D eigenvalue weighted by molar-refractivity contribution is -0.136. The Morgan fingerprint density at radius 1 is 1.29 bits per heavy atom. The number of hydrogen-bond acceptors (Lipinski definition) is 3. The molecule has 1 aliphatic heterocycles. The van der Waals surface area contributed by atoms with Gasteiger partial charge in [0, 0.05) is 25.2 Å². The van der Waals surface area contributed by atoms with Gasteiger partial charge < -0.3 is 15.1 Å². The van der Waals surface area contributed by atoms with Crippen molar-refractivity contribution in [1.29, 1.82) is 0 Å². The van der Waals surface area contributed by atoms with Gasteiger partial charge in [0.2, 0.25) is 0 Å². The lowest BCUT2D eigenvalue weighted by atomic mass is 10.1. The predicted molar refractivity (Wildman–Crippen MR) is 65.5 cm³/mol. The van der Waals surface area contributed by atoms with Crippen molar-refractivity contribution in [3.63, 3.8) is 0 Å². The van der Waals surface area contributed by atoms with E-state index in [1.54, 1.807) is 6.07 Å². The van der Waals surface area contributed by atoms with Gasteiger partial charge >= 0.3 is 5.97 Å². The maximum absolute atomic E-state index is 10.5. The van der Waals surface area contributed by atoms with Gasteiger partial charge in [-0.2, -0.15) is 0 Å². The minimum atomic E-state index is -0.837. The molecule has 2 N–H and O–H groups in total. The van der Waals surface area contributed by atoms with E-state index in [0.717, 1.165) is 24.3 Å². The maximum Gasteiger partial charge on any atom is 0.303 e. The first-order chi connectivity index (χ1) is 8.16. The number of phenols is 1. The van der Waals surface area contributed by atoms with Gasteiger partial charge in [0.25, 0.3) is 0 Å². The van der Waals surface area contributed by atoms with Crippen LogP contribution in [-0.4, -0.2) is 29.3 Å². The number of aryl methyl sites for hydroxylation is 1. The van der Waals surface area contributed by atoms with Gasteiger partial charge in [-0.3, -0.25) is 4.79 Å². The summed E-state index contributed by atoms with van der Waals surface area (Å²) >= 11 is 0. The van der Waals surface area contributed by atoms with E-state index in [0.29, 0.717) is 6.42 Å². The molecule has 0 bridgehead atoms. The Morgan fingerprint density at radius 3 is 2.65 bits per heavy atom. The third kappa shape index (κ3) is 2.90.